The Morgan fingerprint density at radius 1 is 0.635 bits per heavy atom. The van der Waals surface area contributed by atoms with Crippen molar-refractivity contribution in [1.82, 2.24) is 57.7 Å². The lowest BCUT2D eigenvalue weighted by atomic mass is 9.73. The first-order valence-electron chi connectivity index (χ1n) is 32.8. The number of aliphatic carboxylic acids is 1. The normalized spacial score (nSPS) is 18.7. The number of β-amino-alcohol motifs (C(OH)–C–C–N with tert-alkyl or cyclic N) is 1. The molecule has 6 rings (SSSR count). The van der Waals surface area contributed by atoms with Gasteiger partial charge in [0.2, 0.25) is 59.1 Å². The summed E-state index contributed by atoms with van der Waals surface area (Å²) in [5, 5.41) is 43.6. The standard InChI is InChI=1S/C67H94N12O17/c1-36(2)26-48(61(89)72-33-57(86)78-25-15-21-50(78)64(92)75-47(65(93)94)20-13-14-24-69-38(5)58-52(81)29-67(7,8)30-53(58)82)76-59(87)39(6)73-55(84)31-70-60(88)49(27-37(3)4)77-62(90)46(22-23-54(68)83)74-56(85)32-71-63(91)51-28-40(80)34-79(51)66(95)96-35-45-43-18-11-9-16-41(43)42-17-10-12-19-44(42)45/h9-12,16-19,36-37,39-40,45-51,69,80H,13-15,20-35H2,1-8H3,(H2,68,83)(H,70,88)(H,71,91)(H,72,89)(H,73,84)(H,74,85)(H,75,92)(H,76,87)(H,77,90)(H,93,94)/t39-,40+,46-,47-,48-,49-,50-,51-/m0/s1. The minimum absolute atomic E-state index is 0.0286. The zero-order valence-corrected chi connectivity index (χ0v) is 55.9. The van der Waals surface area contributed by atoms with Crippen molar-refractivity contribution in [2.45, 2.75) is 187 Å². The molecule has 0 spiro atoms. The molecule has 96 heavy (non-hydrogen) atoms. The van der Waals surface area contributed by atoms with Crippen LogP contribution in [0.3, 0.4) is 0 Å². The highest BCUT2D eigenvalue weighted by Gasteiger charge is 2.42. The number of benzene rings is 2. The number of carboxylic acid groups (broad SMARTS) is 1. The van der Waals surface area contributed by atoms with E-state index < -0.39 is 145 Å². The van der Waals surface area contributed by atoms with Crippen LogP contribution in [0, 0.1) is 17.3 Å². The fourth-order valence-electron chi connectivity index (χ4n) is 12.4. The molecule has 3 fully saturated rings. The molecule has 29 nitrogen and oxygen atoms in total. The number of carbonyl (C=O) groups excluding carboxylic acids is 13. The van der Waals surface area contributed by atoms with Gasteiger partial charge in [-0.25, -0.2) is 9.59 Å². The Labute approximate surface area is 558 Å². The number of hydrogen-bond donors (Lipinski definition) is 12. The number of nitrogens with two attached hydrogens (primary N) is 1. The molecule has 2 aromatic carbocycles. The van der Waals surface area contributed by atoms with E-state index in [9.17, 15) is 77.3 Å². The van der Waals surface area contributed by atoms with Crippen molar-refractivity contribution in [2.24, 2.45) is 23.0 Å². The van der Waals surface area contributed by atoms with Crippen molar-refractivity contribution in [3.63, 3.8) is 0 Å². The molecule has 0 bridgehead atoms. The fourth-order valence-corrected chi connectivity index (χ4v) is 12.4. The van der Waals surface area contributed by atoms with Gasteiger partial charge < -0.3 is 73.4 Å². The van der Waals surface area contributed by atoms with E-state index in [4.69, 9.17) is 10.5 Å². The number of allylic oxidation sites excluding steroid dienone is 2. The number of rotatable bonds is 33. The smallest absolute Gasteiger partial charge is 0.410 e. The molecule has 11 amide bonds. The molecule has 0 radical (unpaired) electrons. The van der Waals surface area contributed by atoms with Crippen molar-refractivity contribution >= 4 is 82.7 Å². The first-order valence-corrected chi connectivity index (χ1v) is 32.8. The number of unbranched alkanes of at least 4 members (excludes halogenated alkanes) is 1. The van der Waals surface area contributed by atoms with Crippen LogP contribution in [0.2, 0.25) is 0 Å². The Hall–Kier alpha value is -9.28. The molecule has 0 unspecified atom stereocenters. The molecule has 0 aromatic heterocycles. The van der Waals surface area contributed by atoms with E-state index >= 15 is 0 Å². The number of Topliss-reactive ketones (excluding diaryl/α,β-unsaturated/α-hetero) is 2. The zero-order valence-electron chi connectivity index (χ0n) is 55.9. The molecule has 2 aromatic rings. The number of fused-ring (bicyclic) bond motifs is 3. The third kappa shape index (κ3) is 21.6. The highest BCUT2D eigenvalue weighted by Crippen LogP contribution is 2.45. The number of ether oxygens (including phenoxy) is 1. The second kappa shape index (κ2) is 34.9. The summed E-state index contributed by atoms with van der Waals surface area (Å²) >= 11 is 0. The van der Waals surface area contributed by atoms with Crippen LogP contribution in [0.25, 0.3) is 11.1 Å². The van der Waals surface area contributed by atoms with Gasteiger partial charge >= 0.3 is 12.1 Å². The first-order chi connectivity index (χ1) is 45.3. The maximum atomic E-state index is 13.8. The summed E-state index contributed by atoms with van der Waals surface area (Å²) in [6.45, 7) is 12.1. The summed E-state index contributed by atoms with van der Waals surface area (Å²) in [6.07, 6.45) is -0.603. The van der Waals surface area contributed by atoms with Gasteiger partial charge in [0.05, 0.1) is 37.9 Å². The van der Waals surface area contributed by atoms with E-state index in [0.29, 0.717) is 31.5 Å². The number of primary amides is 1. The minimum atomic E-state index is -1.46. The maximum absolute atomic E-state index is 13.8. The van der Waals surface area contributed by atoms with Gasteiger partial charge in [-0.1, -0.05) is 90.1 Å². The van der Waals surface area contributed by atoms with Crippen molar-refractivity contribution in [2.75, 3.05) is 45.9 Å². The average molecular weight is 1340 g/mol. The molecule has 2 heterocycles. The topological polar surface area (TPSA) is 429 Å². The summed E-state index contributed by atoms with van der Waals surface area (Å²) in [7, 11) is 0. The highest BCUT2D eigenvalue weighted by molar-refractivity contribution is 6.22. The van der Waals surface area contributed by atoms with Gasteiger partial charge in [-0.2, -0.15) is 0 Å². The Morgan fingerprint density at radius 2 is 1.20 bits per heavy atom. The summed E-state index contributed by atoms with van der Waals surface area (Å²) in [4.78, 5) is 187. The van der Waals surface area contributed by atoms with Crippen molar-refractivity contribution in [3.8, 4) is 11.1 Å². The third-order valence-corrected chi connectivity index (χ3v) is 17.2. The largest absolute Gasteiger partial charge is 0.480 e. The number of carbonyl (C=O) groups is 14. The molecular weight excluding hydrogens is 1240 g/mol. The predicted octanol–water partition coefficient (Wildman–Crippen LogP) is 0.589. The number of aliphatic hydroxyl groups is 1. The number of aliphatic hydroxyl groups excluding tert-OH is 1. The number of nitrogens with zero attached hydrogens (tertiary/aromatic N) is 2. The molecule has 2 aliphatic carbocycles. The summed E-state index contributed by atoms with van der Waals surface area (Å²) < 4.78 is 5.74. The van der Waals surface area contributed by atoms with Gasteiger partial charge in [-0.05, 0) is 105 Å². The van der Waals surface area contributed by atoms with E-state index in [1.165, 1.54) is 11.8 Å². The second-order valence-corrected chi connectivity index (χ2v) is 26.7. The lowest BCUT2D eigenvalue weighted by molar-refractivity contribution is -0.144. The van der Waals surface area contributed by atoms with Crippen LogP contribution in [0.4, 0.5) is 4.79 Å². The van der Waals surface area contributed by atoms with E-state index in [-0.39, 0.29) is 112 Å². The lowest BCUT2D eigenvalue weighted by Crippen LogP contribution is -2.57. The van der Waals surface area contributed by atoms with Crippen LogP contribution in [-0.2, 0) is 67.1 Å². The van der Waals surface area contributed by atoms with Crippen LogP contribution in [0.5, 0.6) is 0 Å². The molecule has 29 heteroatoms. The van der Waals surface area contributed by atoms with Gasteiger partial charge in [-0.15, -0.1) is 0 Å². The lowest BCUT2D eigenvalue weighted by Gasteiger charge is -2.29. The molecule has 524 valence electrons. The van der Waals surface area contributed by atoms with E-state index in [1.54, 1.807) is 34.6 Å². The minimum Gasteiger partial charge on any atom is -0.480 e. The van der Waals surface area contributed by atoms with E-state index in [2.05, 4.69) is 47.9 Å². The van der Waals surface area contributed by atoms with E-state index in [1.807, 2.05) is 62.4 Å². The monoisotopic (exact) mass is 1340 g/mol. The van der Waals surface area contributed by atoms with Crippen LogP contribution >= 0.6 is 0 Å². The molecule has 2 saturated heterocycles. The van der Waals surface area contributed by atoms with Gasteiger partial charge in [0.25, 0.3) is 0 Å². The maximum Gasteiger partial charge on any atom is 0.410 e. The summed E-state index contributed by atoms with van der Waals surface area (Å²) in [5.41, 5.74) is 9.57. The van der Waals surface area contributed by atoms with E-state index in [0.717, 1.165) is 27.2 Å². The fraction of sp³-hybridized carbons (Fsp3) is 0.582. The third-order valence-electron chi connectivity index (χ3n) is 17.2. The Balaban J connectivity index is 0.937. The van der Waals surface area contributed by atoms with Crippen molar-refractivity contribution in [3.05, 3.63) is 70.9 Å². The number of likely N-dealkylation sites (tertiary alicyclic amines) is 2. The summed E-state index contributed by atoms with van der Waals surface area (Å²) in [6, 6.07) is 6.75. The number of ketones is 2. The van der Waals surface area contributed by atoms with Crippen LogP contribution in [-0.4, -0.2) is 197 Å². The Bertz CT molecular complexity index is 3230. The van der Waals surface area contributed by atoms with Crippen LogP contribution in [0.15, 0.2) is 59.8 Å². The van der Waals surface area contributed by atoms with Gasteiger partial charge in [-0.3, -0.25) is 62.4 Å². The Morgan fingerprint density at radius 3 is 1.78 bits per heavy atom. The van der Waals surface area contributed by atoms with Gasteiger partial charge in [0.1, 0.15) is 48.9 Å². The molecule has 1 saturated carbocycles. The molecule has 2 aliphatic heterocycles. The Kier molecular flexibility index (Phi) is 27.6. The van der Waals surface area contributed by atoms with Crippen LogP contribution < -0.4 is 53.6 Å². The quantitative estimate of drug-likeness (QED) is 0.0264. The van der Waals surface area contributed by atoms with Crippen LogP contribution in [0.1, 0.15) is 149 Å². The zero-order chi connectivity index (χ0) is 70.7. The average Bonchev–Trinajstić information content (AvgIpc) is 1.60. The number of hydrogen-bond acceptors (Lipinski definition) is 17. The summed E-state index contributed by atoms with van der Waals surface area (Å²) in [5.74, 6) is -10.3. The SMILES string of the molecule is CC(NCCCC[C@H](NC(=O)[C@@H]1CCCN1C(=O)CNC(=O)[C@H](CC(C)C)NC(=O)[C@H](C)NC(=O)CNC(=O)[C@H](CC(C)C)NC(=O)[C@H](CCC(N)=O)NC(=O)CNC(=O)[C@@H]1C[C@@H](O)CN1C(=O)OCC1c2ccccc2-c2ccccc21)C(=O)O)=C1C(=O)CC(C)(C)CC1=O. The highest BCUT2D eigenvalue weighted by atomic mass is 16.6. The predicted molar refractivity (Wildman–Crippen MR) is 348 cm³/mol. The number of nitrogens with one attached hydrogen (secondary N) is 9. The van der Waals surface area contributed by atoms with Gasteiger partial charge in [0, 0.05) is 50.4 Å². The van der Waals surface area contributed by atoms with Gasteiger partial charge in [0.15, 0.2) is 11.6 Å². The first kappa shape index (κ1) is 75.7. The molecule has 8 atom stereocenters. The molecule has 13 N–H and O–H groups in total. The second-order valence-electron chi connectivity index (χ2n) is 26.7. The van der Waals surface area contributed by atoms with Crippen molar-refractivity contribution < 1.29 is 82.1 Å². The molecular formula is C67H94N12O17. The number of amides is 11. The van der Waals surface area contributed by atoms with Crippen molar-refractivity contribution in [1.29, 1.82) is 0 Å². The molecule has 4 aliphatic rings. The number of carboxylic acids is 1.